The number of aliphatic hydroxyl groups is 1. The molecule has 138 valence electrons. The van der Waals surface area contributed by atoms with Crippen LogP contribution in [0.1, 0.15) is 24.0 Å². The maximum absolute atomic E-state index is 12.9. The van der Waals surface area contributed by atoms with Crippen LogP contribution in [0.25, 0.3) is 0 Å². The monoisotopic (exact) mass is 370 g/mol. The van der Waals surface area contributed by atoms with Gasteiger partial charge in [-0.1, -0.05) is 0 Å². The fraction of sp³-hybridized carbons (Fsp3) is 0.429. The summed E-state index contributed by atoms with van der Waals surface area (Å²) < 4.78 is 76.6. The third-order valence-corrected chi connectivity index (χ3v) is 3.18. The number of nitrogens with zero attached hydrogens (tertiary/aromatic N) is 1. The molecule has 1 rings (SSSR count). The number of hydrogen-bond donors (Lipinski definition) is 3. The Kier molecular flexibility index (Phi) is 6.26. The summed E-state index contributed by atoms with van der Waals surface area (Å²) in [4.78, 5) is 10.5. The van der Waals surface area contributed by atoms with Gasteiger partial charge in [0.25, 0.3) is 0 Å². The van der Waals surface area contributed by atoms with Crippen molar-refractivity contribution in [2.75, 3.05) is 5.32 Å². The number of alkyl halides is 6. The number of nitriles is 1. The van der Waals surface area contributed by atoms with Gasteiger partial charge in [0.15, 0.2) is 6.10 Å². The topological polar surface area (TPSA) is 93.4 Å². The summed E-state index contributed by atoms with van der Waals surface area (Å²) in [5, 5.41) is 28.6. The normalized spacial score (nSPS) is 14.5. The molecule has 0 aliphatic carbocycles. The number of aliphatic carboxylic acids is 1. The van der Waals surface area contributed by atoms with Gasteiger partial charge in [0.05, 0.1) is 23.2 Å². The lowest BCUT2D eigenvalue weighted by Gasteiger charge is -2.26. The Balaban J connectivity index is 3.15. The first-order chi connectivity index (χ1) is 11.4. The third kappa shape index (κ3) is 5.82. The Bertz CT molecular complexity index is 666. The van der Waals surface area contributed by atoms with Crippen molar-refractivity contribution < 1.29 is 41.4 Å². The predicted octanol–water partition coefficient (Wildman–Crippen LogP) is 3.15. The standard InChI is InChI=1S/C14H12F6N2O3/c15-13(16,17)9-5-8(2-1-7(9)6-21)22-10(3-4-11(23)24)12(25)14(18,19)20/h1-2,5,10,12,22,25H,3-4H2,(H,23,24)/t10-,12-/m1/s1. The highest BCUT2D eigenvalue weighted by atomic mass is 19.4. The van der Waals surface area contributed by atoms with Crippen LogP contribution in [0.3, 0.4) is 0 Å². The fourth-order valence-corrected chi connectivity index (χ4v) is 2.00. The second-order valence-electron chi connectivity index (χ2n) is 5.04. The van der Waals surface area contributed by atoms with E-state index >= 15 is 0 Å². The van der Waals surface area contributed by atoms with Gasteiger partial charge in [-0.15, -0.1) is 0 Å². The predicted molar refractivity (Wildman–Crippen MR) is 72.5 cm³/mol. The van der Waals surface area contributed by atoms with Gasteiger partial charge in [-0.3, -0.25) is 4.79 Å². The first-order valence-corrected chi connectivity index (χ1v) is 6.70. The smallest absolute Gasteiger partial charge is 0.417 e. The zero-order valence-electron chi connectivity index (χ0n) is 12.3. The summed E-state index contributed by atoms with van der Waals surface area (Å²) in [6, 6.07) is 1.56. The molecule has 0 radical (unpaired) electrons. The highest BCUT2D eigenvalue weighted by molar-refractivity contribution is 5.66. The molecule has 5 nitrogen and oxygen atoms in total. The Morgan fingerprint density at radius 3 is 2.28 bits per heavy atom. The number of carboxylic acids is 1. The molecule has 2 atom stereocenters. The average Bonchev–Trinajstić information content (AvgIpc) is 2.48. The van der Waals surface area contributed by atoms with Gasteiger partial charge in [0, 0.05) is 12.1 Å². The molecule has 1 aromatic carbocycles. The van der Waals surface area contributed by atoms with Gasteiger partial charge in [-0.2, -0.15) is 31.6 Å². The molecule has 0 bridgehead atoms. The lowest BCUT2D eigenvalue weighted by molar-refractivity contribution is -0.208. The van der Waals surface area contributed by atoms with Crippen LogP contribution in [-0.2, 0) is 11.0 Å². The number of aliphatic hydroxyl groups excluding tert-OH is 1. The van der Waals surface area contributed by atoms with Gasteiger partial charge in [0.2, 0.25) is 0 Å². The van der Waals surface area contributed by atoms with E-state index in [0.717, 1.165) is 12.1 Å². The molecule has 0 fully saturated rings. The molecule has 3 N–H and O–H groups in total. The minimum Gasteiger partial charge on any atom is -0.481 e. The van der Waals surface area contributed by atoms with Crippen LogP contribution in [0.5, 0.6) is 0 Å². The lowest BCUT2D eigenvalue weighted by Crippen LogP contribution is -2.44. The van der Waals surface area contributed by atoms with Crippen molar-refractivity contribution >= 4 is 11.7 Å². The number of nitrogens with one attached hydrogen (secondary N) is 1. The third-order valence-electron chi connectivity index (χ3n) is 3.18. The van der Waals surface area contributed by atoms with Crippen molar-refractivity contribution in [3.05, 3.63) is 29.3 Å². The molecule has 1 aromatic rings. The summed E-state index contributed by atoms with van der Waals surface area (Å²) in [6.07, 6.45) is -14.4. The van der Waals surface area contributed by atoms with Crippen molar-refractivity contribution in [2.45, 2.75) is 37.3 Å². The minimum atomic E-state index is -5.10. The largest absolute Gasteiger partial charge is 0.481 e. The summed E-state index contributed by atoms with van der Waals surface area (Å²) >= 11 is 0. The number of benzene rings is 1. The summed E-state index contributed by atoms with van der Waals surface area (Å²) in [6.45, 7) is 0. The van der Waals surface area contributed by atoms with E-state index in [2.05, 4.69) is 5.32 Å². The van der Waals surface area contributed by atoms with E-state index in [1.165, 1.54) is 6.07 Å². The molecule has 0 spiro atoms. The Labute approximate surface area is 137 Å². The van der Waals surface area contributed by atoms with Crippen molar-refractivity contribution in [3.8, 4) is 6.07 Å². The van der Waals surface area contributed by atoms with Gasteiger partial charge in [-0.25, -0.2) is 0 Å². The van der Waals surface area contributed by atoms with Crippen LogP contribution in [0.4, 0.5) is 32.0 Å². The molecule has 0 amide bonds. The Morgan fingerprint density at radius 1 is 1.24 bits per heavy atom. The van der Waals surface area contributed by atoms with Gasteiger partial charge < -0.3 is 15.5 Å². The second-order valence-corrected chi connectivity index (χ2v) is 5.04. The van der Waals surface area contributed by atoms with Crippen molar-refractivity contribution in [1.82, 2.24) is 0 Å². The van der Waals surface area contributed by atoms with Crippen molar-refractivity contribution in [2.24, 2.45) is 0 Å². The van der Waals surface area contributed by atoms with E-state index in [1.54, 1.807) is 0 Å². The molecule has 0 aliphatic heterocycles. The first kappa shape index (κ1) is 20.6. The van der Waals surface area contributed by atoms with Crippen LogP contribution < -0.4 is 5.32 Å². The van der Waals surface area contributed by atoms with E-state index < -0.39 is 60.1 Å². The fourth-order valence-electron chi connectivity index (χ4n) is 2.00. The number of hydrogen-bond acceptors (Lipinski definition) is 4. The van der Waals surface area contributed by atoms with E-state index in [-0.39, 0.29) is 0 Å². The molecule has 0 aromatic heterocycles. The molecule has 0 unspecified atom stereocenters. The number of halogens is 6. The summed E-state index contributed by atoms with van der Waals surface area (Å²) in [5.74, 6) is -1.43. The molecule has 0 aliphatic rings. The average molecular weight is 370 g/mol. The number of rotatable bonds is 6. The molecular weight excluding hydrogens is 358 g/mol. The van der Waals surface area contributed by atoms with Crippen LogP contribution in [0.2, 0.25) is 0 Å². The van der Waals surface area contributed by atoms with E-state index in [1.807, 2.05) is 0 Å². The van der Waals surface area contributed by atoms with Crippen molar-refractivity contribution in [1.29, 1.82) is 5.26 Å². The molecule has 0 heterocycles. The van der Waals surface area contributed by atoms with Crippen LogP contribution in [-0.4, -0.2) is 34.5 Å². The highest BCUT2D eigenvalue weighted by Gasteiger charge is 2.43. The minimum absolute atomic E-state index is 0.426. The van der Waals surface area contributed by atoms with E-state index in [0.29, 0.717) is 6.07 Å². The Hall–Kier alpha value is -2.48. The molecule has 11 heteroatoms. The molecule has 25 heavy (non-hydrogen) atoms. The van der Waals surface area contributed by atoms with Gasteiger partial charge >= 0.3 is 18.3 Å². The first-order valence-electron chi connectivity index (χ1n) is 6.70. The zero-order valence-corrected chi connectivity index (χ0v) is 12.3. The van der Waals surface area contributed by atoms with Crippen LogP contribution >= 0.6 is 0 Å². The number of carboxylic acid groups (broad SMARTS) is 1. The molecule has 0 saturated heterocycles. The van der Waals surface area contributed by atoms with E-state index in [9.17, 15) is 36.2 Å². The maximum Gasteiger partial charge on any atom is 0.417 e. The second kappa shape index (κ2) is 7.60. The summed E-state index contributed by atoms with van der Waals surface area (Å²) in [7, 11) is 0. The molecule has 0 saturated carbocycles. The Morgan fingerprint density at radius 2 is 1.84 bits per heavy atom. The summed E-state index contributed by atoms with van der Waals surface area (Å²) in [5.41, 5.74) is -2.53. The van der Waals surface area contributed by atoms with E-state index in [4.69, 9.17) is 10.4 Å². The van der Waals surface area contributed by atoms with Crippen LogP contribution in [0.15, 0.2) is 18.2 Å². The zero-order chi connectivity index (χ0) is 19.4. The highest BCUT2D eigenvalue weighted by Crippen LogP contribution is 2.34. The van der Waals surface area contributed by atoms with Crippen molar-refractivity contribution in [3.63, 3.8) is 0 Å². The molecular formula is C14H12F6N2O3. The maximum atomic E-state index is 12.9. The quantitative estimate of drug-likeness (QED) is 0.669. The SMILES string of the molecule is N#Cc1ccc(N[C@H](CCC(=O)O)[C@@H](O)C(F)(F)F)cc1C(F)(F)F. The van der Waals surface area contributed by atoms with Gasteiger partial charge in [0.1, 0.15) is 0 Å². The number of carbonyl (C=O) groups is 1. The van der Waals surface area contributed by atoms with Gasteiger partial charge in [-0.05, 0) is 24.6 Å². The van der Waals surface area contributed by atoms with Crippen LogP contribution in [0, 0.1) is 11.3 Å². The lowest BCUT2D eigenvalue weighted by atomic mass is 10.0. The number of anilines is 1.